The molecule has 0 spiro atoms. The summed E-state index contributed by atoms with van der Waals surface area (Å²) in [6.07, 6.45) is 0. The molecule has 0 aliphatic heterocycles. The average molecular weight is 439 g/mol. The molecular formula is C15H30IN5S. The topological polar surface area (TPSA) is 52.6 Å². The van der Waals surface area contributed by atoms with E-state index in [-0.39, 0.29) is 29.4 Å². The van der Waals surface area contributed by atoms with Crippen LogP contribution in [0.25, 0.3) is 0 Å². The molecule has 22 heavy (non-hydrogen) atoms. The van der Waals surface area contributed by atoms with Gasteiger partial charge in [-0.1, -0.05) is 13.8 Å². The van der Waals surface area contributed by atoms with E-state index in [2.05, 4.69) is 60.4 Å². The largest absolute Gasteiger partial charge is 0.356 e. The molecule has 1 aromatic rings. The number of guanidine groups is 1. The number of hydrogen-bond acceptors (Lipinski definition) is 4. The monoisotopic (exact) mass is 439 g/mol. The van der Waals surface area contributed by atoms with Crippen molar-refractivity contribution in [3.8, 4) is 0 Å². The number of halogens is 1. The Balaban J connectivity index is 0.00000441. The first-order valence-corrected chi connectivity index (χ1v) is 8.07. The molecule has 0 fully saturated rings. The quantitative estimate of drug-likeness (QED) is 0.407. The molecule has 2 N–H and O–H groups in total. The molecule has 128 valence electrons. The minimum absolute atomic E-state index is 0. The van der Waals surface area contributed by atoms with Crippen LogP contribution in [0.2, 0.25) is 0 Å². The smallest absolute Gasteiger partial charge is 0.191 e. The number of nitrogens with zero attached hydrogens (tertiary/aromatic N) is 3. The molecule has 1 rings (SSSR count). The van der Waals surface area contributed by atoms with Crippen LogP contribution in [-0.2, 0) is 6.54 Å². The van der Waals surface area contributed by atoms with Crippen molar-refractivity contribution >= 4 is 41.3 Å². The normalized spacial score (nSPS) is 12.3. The number of thiazole rings is 1. The highest BCUT2D eigenvalue weighted by molar-refractivity contribution is 14.0. The predicted molar refractivity (Wildman–Crippen MR) is 108 cm³/mol. The van der Waals surface area contributed by atoms with Gasteiger partial charge < -0.3 is 15.5 Å². The molecule has 0 saturated heterocycles. The number of nitrogens with one attached hydrogen (secondary N) is 2. The summed E-state index contributed by atoms with van der Waals surface area (Å²) in [6, 6.07) is 0. The van der Waals surface area contributed by atoms with Gasteiger partial charge in [0.25, 0.3) is 0 Å². The molecule has 0 aromatic carbocycles. The molecule has 7 heteroatoms. The summed E-state index contributed by atoms with van der Waals surface area (Å²) < 4.78 is 0. The van der Waals surface area contributed by atoms with Crippen LogP contribution in [0.1, 0.15) is 29.4 Å². The SMILES string of the molecule is CN=C(NCc1nc(C)c(C)s1)NCC(C)(C)CN(C)C.I. The van der Waals surface area contributed by atoms with Crippen molar-refractivity contribution in [2.45, 2.75) is 34.2 Å². The molecule has 5 nitrogen and oxygen atoms in total. The Morgan fingerprint density at radius 1 is 1.27 bits per heavy atom. The molecule has 0 bridgehead atoms. The Labute approximate surface area is 156 Å². The van der Waals surface area contributed by atoms with Gasteiger partial charge in [0.15, 0.2) is 5.96 Å². The first-order valence-electron chi connectivity index (χ1n) is 7.25. The van der Waals surface area contributed by atoms with Gasteiger partial charge in [-0.25, -0.2) is 4.98 Å². The van der Waals surface area contributed by atoms with Crippen LogP contribution in [-0.4, -0.2) is 50.1 Å². The lowest BCUT2D eigenvalue weighted by Crippen LogP contribution is -2.44. The van der Waals surface area contributed by atoms with Gasteiger partial charge in [0.05, 0.1) is 12.2 Å². The van der Waals surface area contributed by atoms with Gasteiger partial charge in [-0.05, 0) is 33.4 Å². The zero-order chi connectivity index (χ0) is 16.0. The third-order valence-electron chi connectivity index (χ3n) is 3.18. The maximum atomic E-state index is 4.53. The lowest BCUT2D eigenvalue weighted by molar-refractivity contribution is 0.241. The van der Waals surface area contributed by atoms with Crippen LogP contribution in [0, 0.1) is 19.3 Å². The third-order valence-corrected chi connectivity index (χ3v) is 4.25. The highest BCUT2D eigenvalue weighted by Gasteiger charge is 2.19. The highest BCUT2D eigenvalue weighted by Crippen LogP contribution is 2.16. The Hall–Kier alpha value is -0.410. The lowest BCUT2D eigenvalue weighted by atomic mass is 9.93. The van der Waals surface area contributed by atoms with Crippen molar-refractivity contribution in [1.29, 1.82) is 0 Å². The van der Waals surface area contributed by atoms with E-state index in [1.165, 1.54) is 4.88 Å². The summed E-state index contributed by atoms with van der Waals surface area (Å²) in [5.74, 6) is 0.826. The maximum Gasteiger partial charge on any atom is 0.191 e. The van der Waals surface area contributed by atoms with Gasteiger partial charge in [0, 0.05) is 25.0 Å². The predicted octanol–water partition coefficient (Wildman–Crippen LogP) is 2.63. The second-order valence-corrected chi connectivity index (χ2v) is 7.72. The van der Waals surface area contributed by atoms with Crippen LogP contribution in [0.15, 0.2) is 4.99 Å². The second kappa shape index (κ2) is 9.67. The molecule has 0 aliphatic carbocycles. The Bertz CT molecular complexity index is 463. The van der Waals surface area contributed by atoms with Gasteiger partial charge in [0.2, 0.25) is 0 Å². The zero-order valence-electron chi connectivity index (χ0n) is 14.8. The molecule has 0 saturated carbocycles. The average Bonchev–Trinajstić information content (AvgIpc) is 2.67. The number of aliphatic imine (C=N–C) groups is 1. The fourth-order valence-corrected chi connectivity index (χ4v) is 3.10. The van der Waals surface area contributed by atoms with Crippen LogP contribution >= 0.6 is 35.3 Å². The second-order valence-electron chi connectivity index (χ2n) is 6.43. The summed E-state index contributed by atoms with van der Waals surface area (Å²) in [4.78, 5) is 12.3. The van der Waals surface area contributed by atoms with Crippen LogP contribution in [0.5, 0.6) is 0 Å². The molecule has 0 unspecified atom stereocenters. The molecule has 0 amide bonds. The van der Waals surface area contributed by atoms with Crippen molar-refractivity contribution in [2.75, 3.05) is 34.2 Å². The van der Waals surface area contributed by atoms with Crippen LogP contribution in [0.4, 0.5) is 0 Å². The summed E-state index contributed by atoms with van der Waals surface area (Å²) >= 11 is 1.74. The van der Waals surface area contributed by atoms with Crippen LogP contribution < -0.4 is 10.6 Å². The molecule has 1 heterocycles. The van der Waals surface area contributed by atoms with Crippen molar-refractivity contribution in [3.05, 3.63) is 15.6 Å². The van der Waals surface area contributed by atoms with Gasteiger partial charge in [-0.3, -0.25) is 4.99 Å². The van der Waals surface area contributed by atoms with E-state index in [4.69, 9.17) is 0 Å². The molecule has 0 aliphatic rings. The summed E-state index contributed by atoms with van der Waals surface area (Å²) in [5.41, 5.74) is 1.31. The maximum absolute atomic E-state index is 4.53. The minimum atomic E-state index is 0. The Kier molecular flexibility index (Phi) is 9.49. The highest BCUT2D eigenvalue weighted by atomic mass is 127. The Morgan fingerprint density at radius 3 is 2.36 bits per heavy atom. The van der Waals surface area contributed by atoms with E-state index in [1.807, 2.05) is 6.92 Å². The van der Waals surface area contributed by atoms with E-state index < -0.39 is 0 Å². The van der Waals surface area contributed by atoms with Crippen LogP contribution in [0.3, 0.4) is 0 Å². The Morgan fingerprint density at radius 2 is 1.91 bits per heavy atom. The van der Waals surface area contributed by atoms with E-state index in [1.54, 1.807) is 18.4 Å². The number of hydrogen-bond donors (Lipinski definition) is 2. The van der Waals surface area contributed by atoms with Gasteiger partial charge >= 0.3 is 0 Å². The van der Waals surface area contributed by atoms with Crippen molar-refractivity contribution in [2.24, 2.45) is 10.4 Å². The third kappa shape index (κ3) is 7.73. The summed E-state index contributed by atoms with van der Waals surface area (Å²) in [5, 5.41) is 7.82. The standard InChI is InChI=1S/C15H29N5S.HI/c1-11-12(2)21-13(19-11)8-17-14(16-5)18-9-15(3,4)10-20(6)7;/h8-10H2,1-7H3,(H2,16,17,18);1H. The van der Waals surface area contributed by atoms with E-state index >= 15 is 0 Å². The number of aryl methyl sites for hydroxylation is 2. The fourth-order valence-electron chi connectivity index (χ4n) is 2.23. The van der Waals surface area contributed by atoms with Crippen molar-refractivity contribution in [3.63, 3.8) is 0 Å². The first kappa shape index (κ1) is 21.6. The summed E-state index contributed by atoms with van der Waals surface area (Å²) in [6.45, 7) is 11.3. The van der Waals surface area contributed by atoms with Gasteiger partial charge in [-0.2, -0.15) is 0 Å². The first-order chi connectivity index (χ1) is 9.73. The summed E-state index contributed by atoms with van der Waals surface area (Å²) in [7, 11) is 6.00. The lowest BCUT2D eigenvalue weighted by Gasteiger charge is -2.29. The minimum Gasteiger partial charge on any atom is -0.356 e. The van der Waals surface area contributed by atoms with Crippen molar-refractivity contribution in [1.82, 2.24) is 20.5 Å². The van der Waals surface area contributed by atoms with Crippen molar-refractivity contribution < 1.29 is 0 Å². The van der Waals surface area contributed by atoms with Gasteiger partial charge in [-0.15, -0.1) is 35.3 Å². The van der Waals surface area contributed by atoms with E-state index in [0.717, 1.165) is 29.8 Å². The van der Waals surface area contributed by atoms with E-state index in [9.17, 15) is 0 Å². The fraction of sp³-hybridized carbons (Fsp3) is 0.733. The number of aromatic nitrogens is 1. The molecule has 1 aromatic heterocycles. The molecular weight excluding hydrogens is 409 g/mol. The molecule has 0 atom stereocenters. The zero-order valence-corrected chi connectivity index (χ0v) is 17.9. The molecule has 0 radical (unpaired) electrons. The van der Waals surface area contributed by atoms with E-state index in [0.29, 0.717) is 6.54 Å². The van der Waals surface area contributed by atoms with Gasteiger partial charge in [0.1, 0.15) is 5.01 Å². The number of rotatable bonds is 6.